The summed E-state index contributed by atoms with van der Waals surface area (Å²) in [5, 5.41) is 8.70. The highest BCUT2D eigenvalue weighted by atomic mass is 32.2. The summed E-state index contributed by atoms with van der Waals surface area (Å²) in [4.78, 5) is 0.202. The lowest BCUT2D eigenvalue weighted by atomic mass is 10.2. The van der Waals surface area contributed by atoms with Gasteiger partial charge < -0.3 is 5.73 Å². The van der Waals surface area contributed by atoms with Crippen molar-refractivity contribution in [1.29, 1.82) is 5.26 Å². The van der Waals surface area contributed by atoms with Gasteiger partial charge in [-0.2, -0.15) is 5.26 Å². The Kier molecular flexibility index (Phi) is 4.63. The normalized spacial score (nSPS) is 11.1. The van der Waals surface area contributed by atoms with Crippen molar-refractivity contribution in [3.05, 3.63) is 29.3 Å². The van der Waals surface area contributed by atoms with Crippen LogP contribution < -0.4 is 10.5 Å². The van der Waals surface area contributed by atoms with Crippen LogP contribution in [0.4, 0.5) is 0 Å². The Morgan fingerprint density at radius 1 is 1.47 bits per heavy atom. The maximum atomic E-state index is 11.9. The van der Waals surface area contributed by atoms with Gasteiger partial charge in [0.1, 0.15) is 0 Å². The van der Waals surface area contributed by atoms with Crippen molar-refractivity contribution in [2.45, 2.75) is 18.2 Å². The molecule has 1 rings (SSSR count). The maximum absolute atomic E-state index is 11.9. The Morgan fingerprint density at radius 2 is 2.18 bits per heavy atom. The van der Waals surface area contributed by atoms with E-state index in [0.717, 1.165) is 0 Å². The van der Waals surface area contributed by atoms with Crippen molar-refractivity contribution in [1.82, 2.24) is 4.72 Å². The lowest BCUT2D eigenvalue weighted by Crippen LogP contribution is -2.26. The van der Waals surface area contributed by atoms with Crippen molar-refractivity contribution in [3.63, 3.8) is 0 Å². The van der Waals surface area contributed by atoms with Crippen molar-refractivity contribution in [3.8, 4) is 6.07 Å². The summed E-state index contributed by atoms with van der Waals surface area (Å²) in [6.45, 7) is 2.42. The molecule has 0 aliphatic carbocycles. The number of aryl methyl sites for hydroxylation is 1. The Bertz CT molecular complexity index is 532. The van der Waals surface area contributed by atoms with Gasteiger partial charge in [-0.05, 0) is 43.7 Å². The number of nitrogens with two attached hydrogens (primary N) is 1. The monoisotopic (exact) mass is 253 g/mol. The molecular formula is C11H15N3O2S. The number of nitriles is 1. The predicted molar refractivity (Wildman–Crippen MR) is 64.8 cm³/mol. The standard InChI is InChI=1S/C11H15N3O2S/c1-9-7-10(8-13)3-4-11(9)17(15,16)14-6-2-5-12/h3-4,7,14H,2,5-6,12H2,1H3. The molecule has 0 radical (unpaired) electrons. The molecule has 0 saturated carbocycles. The second-order valence-electron chi connectivity index (χ2n) is 3.63. The van der Waals surface area contributed by atoms with Crippen molar-refractivity contribution < 1.29 is 8.42 Å². The van der Waals surface area contributed by atoms with Gasteiger partial charge in [0.15, 0.2) is 0 Å². The molecule has 0 fully saturated rings. The largest absolute Gasteiger partial charge is 0.330 e. The fourth-order valence-corrected chi connectivity index (χ4v) is 2.71. The quantitative estimate of drug-likeness (QED) is 0.746. The molecule has 0 atom stereocenters. The van der Waals surface area contributed by atoms with Crippen LogP contribution in [-0.4, -0.2) is 21.5 Å². The van der Waals surface area contributed by atoms with E-state index < -0.39 is 10.0 Å². The van der Waals surface area contributed by atoms with Gasteiger partial charge in [-0.1, -0.05) is 0 Å². The summed E-state index contributed by atoms with van der Waals surface area (Å²) in [7, 11) is -3.50. The van der Waals surface area contributed by atoms with Crippen molar-refractivity contribution in [2.24, 2.45) is 5.73 Å². The number of sulfonamides is 1. The zero-order valence-electron chi connectivity index (χ0n) is 9.60. The van der Waals surface area contributed by atoms with E-state index in [1.165, 1.54) is 12.1 Å². The van der Waals surface area contributed by atoms with Crippen LogP contribution in [0.15, 0.2) is 23.1 Å². The van der Waals surface area contributed by atoms with Gasteiger partial charge in [0.2, 0.25) is 10.0 Å². The first-order valence-electron chi connectivity index (χ1n) is 5.22. The molecule has 1 aromatic rings. The van der Waals surface area contributed by atoms with Crippen LogP contribution in [0.1, 0.15) is 17.5 Å². The van der Waals surface area contributed by atoms with Crippen LogP contribution in [0.2, 0.25) is 0 Å². The van der Waals surface area contributed by atoms with Gasteiger partial charge in [0, 0.05) is 6.54 Å². The number of nitrogens with zero attached hydrogens (tertiary/aromatic N) is 1. The third-order valence-corrected chi connectivity index (χ3v) is 3.89. The molecule has 0 aliphatic heterocycles. The van der Waals surface area contributed by atoms with Gasteiger partial charge >= 0.3 is 0 Å². The highest BCUT2D eigenvalue weighted by Gasteiger charge is 2.15. The van der Waals surface area contributed by atoms with E-state index in [4.69, 9.17) is 11.0 Å². The number of benzene rings is 1. The second-order valence-corrected chi connectivity index (χ2v) is 5.37. The third-order valence-electron chi connectivity index (χ3n) is 2.27. The summed E-state index contributed by atoms with van der Waals surface area (Å²) in [5.74, 6) is 0. The molecule has 0 aliphatic rings. The molecule has 0 spiro atoms. The molecule has 5 nitrogen and oxygen atoms in total. The average Bonchev–Trinajstić information content (AvgIpc) is 2.28. The zero-order valence-corrected chi connectivity index (χ0v) is 10.4. The minimum atomic E-state index is -3.50. The number of hydrogen-bond donors (Lipinski definition) is 2. The first-order chi connectivity index (χ1) is 8.01. The zero-order chi connectivity index (χ0) is 12.9. The Hall–Kier alpha value is -1.42. The smallest absolute Gasteiger partial charge is 0.240 e. The number of hydrogen-bond acceptors (Lipinski definition) is 4. The van der Waals surface area contributed by atoms with E-state index in [0.29, 0.717) is 30.6 Å². The van der Waals surface area contributed by atoms with Gasteiger partial charge in [-0.15, -0.1) is 0 Å². The van der Waals surface area contributed by atoms with Crippen LogP contribution in [0.3, 0.4) is 0 Å². The Morgan fingerprint density at radius 3 is 2.71 bits per heavy atom. The third kappa shape index (κ3) is 3.53. The summed E-state index contributed by atoms with van der Waals surface area (Å²) >= 11 is 0. The highest BCUT2D eigenvalue weighted by molar-refractivity contribution is 7.89. The molecule has 0 unspecified atom stereocenters. The first-order valence-corrected chi connectivity index (χ1v) is 6.70. The molecule has 3 N–H and O–H groups in total. The first kappa shape index (κ1) is 13.6. The lowest BCUT2D eigenvalue weighted by Gasteiger charge is -2.08. The summed E-state index contributed by atoms with van der Waals surface area (Å²) in [6, 6.07) is 6.45. The van der Waals surface area contributed by atoms with E-state index >= 15 is 0 Å². The minimum absolute atomic E-state index is 0.202. The molecule has 0 amide bonds. The summed E-state index contributed by atoms with van der Waals surface area (Å²) < 4.78 is 26.2. The topological polar surface area (TPSA) is 96.0 Å². The van der Waals surface area contributed by atoms with Crippen LogP contribution >= 0.6 is 0 Å². The molecule has 0 aromatic heterocycles. The fraction of sp³-hybridized carbons (Fsp3) is 0.364. The van der Waals surface area contributed by atoms with E-state index in [1.54, 1.807) is 13.0 Å². The molecule has 0 heterocycles. The predicted octanol–water partition coefficient (Wildman–Crippen LogP) is 0.494. The molecule has 92 valence electrons. The number of nitrogens with one attached hydrogen (secondary N) is 1. The maximum Gasteiger partial charge on any atom is 0.240 e. The molecule has 0 bridgehead atoms. The fourth-order valence-electron chi connectivity index (χ4n) is 1.41. The number of rotatable bonds is 5. The SMILES string of the molecule is Cc1cc(C#N)ccc1S(=O)(=O)NCCCN. The van der Waals surface area contributed by atoms with Crippen LogP contribution in [0, 0.1) is 18.3 Å². The van der Waals surface area contributed by atoms with E-state index in [1.807, 2.05) is 6.07 Å². The molecule has 0 saturated heterocycles. The van der Waals surface area contributed by atoms with Gasteiger partial charge in [-0.3, -0.25) is 0 Å². The van der Waals surface area contributed by atoms with E-state index in [2.05, 4.69) is 4.72 Å². The molecule has 1 aromatic carbocycles. The van der Waals surface area contributed by atoms with E-state index in [-0.39, 0.29) is 4.90 Å². The Labute approximate surface area is 101 Å². The van der Waals surface area contributed by atoms with Crippen LogP contribution in [-0.2, 0) is 10.0 Å². The second kappa shape index (κ2) is 5.77. The van der Waals surface area contributed by atoms with Gasteiger partial charge in [-0.25, -0.2) is 13.1 Å². The van der Waals surface area contributed by atoms with Gasteiger partial charge in [0.05, 0.1) is 16.5 Å². The van der Waals surface area contributed by atoms with Crippen LogP contribution in [0.25, 0.3) is 0 Å². The van der Waals surface area contributed by atoms with Gasteiger partial charge in [0.25, 0.3) is 0 Å². The molecule has 17 heavy (non-hydrogen) atoms. The molecule has 6 heteroatoms. The van der Waals surface area contributed by atoms with Crippen LogP contribution in [0.5, 0.6) is 0 Å². The highest BCUT2D eigenvalue weighted by Crippen LogP contribution is 2.16. The molecular weight excluding hydrogens is 238 g/mol. The van der Waals surface area contributed by atoms with E-state index in [9.17, 15) is 8.42 Å². The Balaban J connectivity index is 2.96. The summed E-state index contributed by atoms with van der Waals surface area (Å²) in [6.07, 6.45) is 0.592. The summed E-state index contributed by atoms with van der Waals surface area (Å²) in [5.41, 5.74) is 6.30. The van der Waals surface area contributed by atoms with Crippen molar-refractivity contribution in [2.75, 3.05) is 13.1 Å². The van der Waals surface area contributed by atoms with Crippen molar-refractivity contribution >= 4 is 10.0 Å². The lowest BCUT2D eigenvalue weighted by molar-refractivity contribution is 0.579. The minimum Gasteiger partial charge on any atom is -0.330 e. The average molecular weight is 253 g/mol.